The zero-order chi connectivity index (χ0) is 63.7. The predicted octanol–water partition coefficient (Wildman–Crippen LogP) is 15.6. The number of carbonyl (C=O) groups is 4. The molecule has 2 atom stereocenters. The molecule has 2 aromatic heterocycles. The van der Waals surface area contributed by atoms with Gasteiger partial charge in [0.2, 0.25) is 0 Å². The van der Waals surface area contributed by atoms with Crippen LogP contribution < -0.4 is 11.1 Å². The number of benzene rings is 6. The number of carboxylic acids is 1. The quantitative estimate of drug-likeness (QED) is 0.0660. The fraction of sp³-hybridized carbons (Fsp3) is 0.400. The van der Waals surface area contributed by atoms with E-state index in [4.69, 9.17) is 20.3 Å². The van der Waals surface area contributed by atoms with Crippen molar-refractivity contribution in [1.82, 2.24) is 24.9 Å². The first kappa shape index (κ1) is 63.7. The van der Waals surface area contributed by atoms with Crippen molar-refractivity contribution in [1.29, 1.82) is 0 Å². The Hall–Kier alpha value is -8.32. The SMILES string of the molecule is CC(C)n1nc(C(=O)NC2CC3(C2)CC(C(=O)O[C@@H](C)c2ccccc2)C3)c2c(Cc3ccc(C(F)(F)F)cc3)cccc21.CC(C)n1nc(C(=O)O)c2c(Cc3ccc(C(F)(F)F)cc3)cccc21.C[C@H](OC(=O)C1CC2(CC(N)C2)C1)c1ccccc1. The Morgan fingerprint density at radius 3 is 1.29 bits per heavy atom. The summed E-state index contributed by atoms with van der Waals surface area (Å²) in [5, 5.41) is 22.8. The van der Waals surface area contributed by atoms with Gasteiger partial charge in [0.05, 0.1) is 34.0 Å². The summed E-state index contributed by atoms with van der Waals surface area (Å²) in [6, 6.07) is 41.0. The molecule has 12 rings (SSSR count). The van der Waals surface area contributed by atoms with E-state index in [0.717, 1.165) is 97.8 Å². The van der Waals surface area contributed by atoms with Gasteiger partial charge in [-0.15, -0.1) is 0 Å². The molecule has 2 heterocycles. The summed E-state index contributed by atoms with van der Waals surface area (Å²) in [6.07, 6.45) is -1.28. The number of nitrogens with zero attached hydrogens (tertiary/aromatic N) is 4. The van der Waals surface area contributed by atoms with E-state index < -0.39 is 29.4 Å². The van der Waals surface area contributed by atoms with E-state index in [0.29, 0.717) is 63.0 Å². The Morgan fingerprint density at radius 1 is 0.539 bits per heavy atom. The third kappa shape index (κ3) is 14.3. The molecule has 4 saturated carbocycles. The number of nitrogens with two attached hydrogens (primary N) is 1. The fourth-order valence-corrected chi connectivity index (χ4v) is 13.5. The molecule has 89 heavy (non-hydrogen) atoms. The molecule has 0 radical (unpaired) electrons. The normalized spacial score (nSPS) is 21.7. The third-order valence-electron chi connectivity index (χ3n) is 18.0. The smallest absolute Gasteiger partial charge is 0.416 e. The van der Waals surface area contributed by atoms with E-state index in [-0.39, 0.29) is 71.1 Å². The highest BCUT2D eigenvalue weighted by atomic mass is 19.4. The van der Waals surface area contributed by atoms with Crippen LogP contribution in [0, 0.1) is 22.7 Å². The third-order valence-corrected chi connectivity index (χ3v) is 18.0. The Morgan fingerprint density at radius 2 is 0.921 bits per heavy atom. The lowest BCUT2D eigenvalue weighted by atomic mass is 9.50. The average molecular weight is 1230 g/mol. The molecule has 468 valence electrons. The Labute approximate surface area is 513 Å². The zero-order valence-corrected chi connectivity index (χ0v) is 50.6. The van der Waals surface area contributed by atoms with Gasteiger partial charge >= 0.3 is 30.3 Å². The molecule has 6 aromatic carbocycles. The summed E-state index contributed by atoms with van der Waals surface area (Å²) in [6.45, 7) is 11.6. The molecule has 2 spiro atoms. The lowest BCUT2D eigenvalue weighted by molar-refractivity contribution is -0.168. The maximum atomic E-state index is 13.6. The molecule has 1 amide bonds. The van der Waals surface area contributed by atoms with Crippen molar-refractivity contribution in [3.05, 3.63) is 201 Å². The number of hydrogen-bond donors (Lipinski definition) is 3. The van der Waals surface area contributed by atoms with Gasteiger partial charge < -0.3 is 25.6 Å². The predicted molar refractivity (Wildman–Crippen MR) is 326 cm³/mol. The van der Waals surface area contributed by atoms with Crippen LogP contribution >= 0.6 is 0 Å². The molecule has 4 aliphatic rings. The number of carbonyl (C=O) groups excluding carboxylic acids is 3. The van der Waals surface area contributed by atoms with E-state index >= 15 is 0 Å². The molecule has 4 fully saturated rings. The Bertz CT molecular complexity index is 3820. The Kier molecular flexibility index (Phi) is 18.4. The summed E-state index contributed by atoms with van der Waals surface area (Å²) < 4.78 is 92.1. The zero-order valence-electron chi connectivity index (χ0n) is 50.6. The monoisotopic (exact) mass is 1220 g/mol. The highest BCUT2D eigenvalue weighted by Gasteiger charge is 2.56. The first-order chi connectivity index (χ1) is 42.2. The van der Waals surface area contributed by atoms with E-state index in [9.17, 15) is 50.6 Å². The van der Waals surface area contributed by atoms with Crippen molar-refractivity contribution in [2.24, 2.45) is 28.4 Å². The molecule has 4 aliphatic carbocycles. The largest absolute Gasteiger partial charge is 0.476 e. The van der Waals surface area contributed by atoms with Gasteiger partial charge in [-0.3, -0.25) is 23.7 Å². The maximum Gasteiger partial charge on any atom is 0.416 e. The molecule has 4 N–H and O–H groups in total. The van der Waals surface area contributed by atoms with Crippen LogP contribution in [-0.4, -0.2) is 60.6 Å². The van der Waals surface area contributed by atoms with Crippen LogP contribution in [0.25, 0.3) is 21.8 Å². The van der Waals surface area contributed by atoms with Gasteiger partial charge in [-0.05, 0) is 186 Å². The summed E-state index contributed by atoms with van der Waals surface area (Å²) in [5.74, 6) is -1.61. The van der Waals surface area contributed by atoms with Crippen molar-refractivity contribution in [3.63, 3.8) is 0 Å². The number of fused-ring (bicyclic) bond motifs is 2. The van der Waals surface area contributed by atoms with Crippen LogP contribution in [0.4, 0.5) is 26.3 Å². The number of amides is 1. The molecular formula is C70H74F6N6O7. The molecule has 0 aliphatic heterocycles. The molecule has 0 unspecified atom stereocenters. The lowest BCUT2D eigenvalue weighted by Gasteiger charge is -2.57. The summed E-state index contributed by atoms with van der Waals surface area (Å²) >= 11 is 0. The van der Waals surface area contributed by atoms with Crippen LogP contribution in [0.3, 0.4) is 0 Å². The first-order valence-electron chi connectivity index (χ1n) is 30.3. The number of carboxylic acid groups (broad SMARTS) is 1. The molecule has 13 nitrogen and oxygen atoms in total. The average Bonchev–Trinajstić information content (AvgIpc) is 1.33. The summed E-state index contributed by atoms with van der Waals surface area (Å²) in [5.41, 5.74) is 11.6. The highest BCUT2D eigenvalue weighted by molar-refractivity contribution is 6.06. The van der Waals surface area contributed by atoms with Gasteiger partial charge in [0.25, 0.3) is 5.91 Å². The van der Waals surface area contributed by atoms with Gasteiger partial charge in [-0.25, -0.2) is 4.79 Å². The van der Waals surface area contributed by atoms with Gasteiger partial charge in [-0.2, -0.15) is 36.5 Å². The molecule has 0 saturated heterocycles. The minimum absolute atomic E-state index is 0.00335. The van der Waals surface area contributed by atoms with Crippen LogP contribution in [0.1, 0.15) is 183 Å². The van der Waals surface area contributed by atoms with Crippen molar-refractivity contribution in [2.45, 2.75) is 154 Å². The number of nitrogens with one attached hydrogen (secondary N) is 1. The number of alkyl halides is 6. The van der Waals surface area contributed by atoms with Gasteiger partial charge in [-0.1, -0.05) is 109 Å². The number of esters is 2. The number of aromatic carboxylic acids is 1. The van der Waals surface area contributed by atoms with E-state index in [2.05, 4.69) is 10.4 Å². The minimum atomic E-state index is -4.40. The van der Waals surface area contributed by atoms with Gasteiger partial charge in [0, 0.05) is 34.9 Å². The van der Waals surface area contributed by atoms with E-state index in [1.165, 1.54) is 24.3 Å². The second kappa shape index (κ2) is 25.6. The molecule has 8 aromatic rings. The van der Waals surface area contributed by atoms with E-state index in [1.807, 2.05) is 125 Å². The second-order valence-electron chi connectivity index (χ2n) is 25.4. The van der Waals surface area contributed by atoms with Crippen molar-refractivity contribution < 1.29 is 60.1 Å². The van der Waals surface area contributed by atoms with Crippen molar-refractivity contribution >= 4 is 45.6 Å². The van der Waals surface area contributed by atoms with Gasteiger partial charge in [0.15, 0.2) is 11.4 Å². The van der Waals surface area contributed by atoms with Crippen molar-refractivity contribution in [2.75, 3.05) is 0 Å². The first-order valence-corrected chi connectivity index (χ1v) is 30.3. The number of halogens is 6. The van der Waals surface area contributed by atoms with Crippen LogP contribution in [0.15, 0.2) is 146 Å². The Balaban J connectivity index is 0.000000163. The maximum absolute atomic E-state index is 13.6. The molecule has 19 heteroatoms. The minimum Gasteiger partial charge on any atom is -0.476 e. The second-order valence-corrected chi connectivity index (χ2v) is 25.4. The van der Waals surface area contributed by atoms with Crippen LogP contribution in [-0.2, 0) is 44.3 Å². The summed E-state index contributed by atoms with van der Waals surface area (Å²) in [7, 11) is 0. The van der Waals surface area contributed by atoms with Gasteiger partial charge in [0.1, 0.15) is 12.2 Å². The lowest BCUT2D eigenvalue weighted by Crippen LogP contribution is -2.57. The molecular weight excluding hydrogens is 1150 g/mol. The number of ether oxygens (including phenoxy) is 2. The number of rotatable bonds is 15. The topological polar surface area (TPSA) is 181 Å². The number of hydrogen-bond acceptors (Lipinski definition) is 9. The van der Waals surface area contributed by atoms with E-state index in [1.54, 1.807) is 22.9 Å². The summed E-state index contributed by atoms with van der Waals surface area (Å²) in [4.78, 5) is 50.0. The van der Waals surface area contributed by atoms with Crippen LogP contribution in [0.2, 0.25) is 0 Å². The van der Waals surface area contributed by atoms with Crippen LogP contribution in [0.5, 0.6) is 0 Å². The fourth-order valence-electron chi connectivity index (χ4n) is 13.5. The highest BCUT2D eigenvalue weighted by Crippen LogP contribution is 2.60. The van der Waals surface area contributed by atoms with Crippen molar-refractivity contribution in [3.8, 4) is 0 Å². The standard InChI is InChI=1S/C35H36F3N3O3.C19H17F3N2O2.C16H21NO2/c1-21(2)41-29-11-7-10-25(16-23-12-14-27(15-13-23)35(36,37)38)30(29)31(40-41)32(42)39-28-19-34(20-28)17-26(18-34)33(43)44-22(3)24-8-5-4-6-9-24;1-11(2)24-15-5-3-4-13(16(15)17(23-24)18(25)26)10-12-6-8-14(9-7-12)19(20,21)22;1-11(12-5-3-2-4-6-12)19-15(18)13-7-16(8-13)9-14(17)10-16/h4-15,21-22,26,28H,16-20H2,1-3H3,(H,39,42);3-9,11H,10H2,1-2H3,(H,25,26);2-6,11,13-14H,7-10,17H2,1H3/t22-,26?,28?,34?;;11-,13?,14?,16?/m0.0/s1. The molecule has 0 bridgehead atoms. The number of aromatic nitrogens is 4.